The summed E-state index contributed by atoms with van der Waals surface area (Å²) in [5.74, 6) is 0. The van der Waals surface area contributed by atoms with Gasteiger partial charge in [-0.1, -0.05) is 42.5 Å². The van der Waals surface area contributed by atoms with Gasteiger partial charge in [-0.3, -0.25) is 4.90 Å². The molecule has 1 saturated heterocycles. The summed E-state index contributed by atoms with van der Waals surface area (Å²) in [5, 5.41) is 8.98. The van der Waals surface area contributed by atoms with Crippen molar-refractivity contribution in [3.05, 3.63) is 54.6 Å². The van der Waals surface area contributed by atoms with Gasteiger partial charge in [-0.15, -0.1) is 0 Å². The fourth-order valence-corrected chi connectivity index (χ4v) is 2.87. The number of rotatable bonds is 4. The summed E-state index contributed by atoms with van der Waals surface area (Å²) < 4.78 is 0. The van der Waals surface area contributed by atoms with E-state index in [1.165, 1.54) is 16.8 Å². The van der Waals surface area contributed by atoms with Crippen molar-refractivity contribution in [2.75, 3.05) is 44.2 Å². The third-order valence-corrected chi connectivity index (χ3v) is 4.13. The van der Waals surface area contributed by atoms with Gasteiger partial charge >= 0.3 is 0 Å². The Morgan fingerprint density at radius 1 is 0.762 bits per heavy atom. The van der Waals surface area contributed by atoms with Gasteiger partial charge in [0.25, 0.3) is 0 Å². The minimum atomic E-state index is 0.256. The molecule has 21 heavy (non-hydrogen) atoms. The average molecular weight is 282 g/mol. The smallest absolute Gasteiger partial charge is 0.0558 e. The van der Waals surface area contributed by atoms with Gasteiger partial charge < -0.3 is 10.0 Å². The average Bonchev–Trinajstić information content (AvgIpc) is 2.57. The van der Waals surface area contributed by atoms with E-state index in [1.807, 2.05) is 6.07 Å². The van der Waals surface area contributed by atoms with E-state index in [-0.39, 0.29) is 6.61 Å². The molecular weight excluding hydrogens is 260 g/mol. The molecule has 3 nitrogen and oxygen atoms in total. The van der Waals surface area contributed by atoms with Gasteiger partial charge in [0, 0.05) is 38.4 Å². The summed E-state index contributed by atoms with van der Waals surface area (Å²) in [6, 6.07) is 19.3. The van der Waals surface area contributed by atoms with Crippen LogP contribution in [0.2, 0.25) is 0 Å². The maximum absolute atomic E-state index is 8.98. The highest BCUT2D eigenvalue weighted by atomic mass is 16.3. The molecule has 0 spiro atoms. The fourth-order valence-electron chi connectivity index (χ4n) is 2.87. The third kappa shape index (κ3) is 3.43. The number of piperazine rings is 1. The molecule has 1 fully saturated rings. The van der Waals surface area contributed by atoms with Crippen LogP contribution in [0.4, 0.5) is 5.69 Å². The van der Waals surface area contributed by atoms with Crippen molar-refractivity contribution in [3.63, 3.8) is 0 Å². The molecule has 0 aromatic heterocycles. The molecule has 0 radical (unpaired) electrons. The van der Waals surface area contributed by atoms with Crippen LogP contribution in [0.5, 0.6) is 0 Å². The number of anilines is 1. The Morgan fingerprint density at radius 2 is 1.38 bits per heavy atom. The van der Waals surface area contributed by atoms with Crippen molar-refractivity contribution >= 4 is 5.69 Å². The summed E-state index contributed by atoms with van der Waals surface area (Å²) >= 11 is 0. The molecule has 2 aromatic carbocycles. The molecule has 1 aliphatic rings. The Balaban J connectivity index is 1.65. The lowest BCUT2D eigenvalue weighted by molar-refractivity contribution is 0.189. The molecule has 0 saturated carbocycles. The lowest BCUT2D eigenvalue weighted by Gasteiger charge is -2.35. The summed E-state index contributed by atoms with van der Waals surface area (Å²) in [6.07, 6.45) is 0. The standard InChI is InChI=1S/C18H22N2O/c21-15-14-19-10-12-20(13-11-19)18-8-6-17(7-9-18)16-4-2-1-3-5-16/h1-9,21H,10-15H2. The van der Waals surface area contributed by atoms with Crippen molar-refractivity contribution in [1.29, 1.82) is 0 Å². The van der Waals surface area contributed by atoms with Crippen LogP contribution in [0.1, 0.15) is 0 Å². The third-order valence-electron chi connectivity index (χ3n) is 4.13. The molecule has 0 bridgehead atoms. The number of hydrogen-bond acceptors (Lipinski definition) is 3. The number of hydrogen-bond donors (Lipinski definition) is 1. The molecular formula is C18H22N2O. The van der Waals surface area contributed by atoms with E-state index in [4.69, 9.17) is 5.11 Å². The highest BCUT2D eigenvalue weighted by molar-refractivity contribution is 5.66. The molecule has 1 aliphatic heterocycles. The van der Waals surface area contributed by atoms with Crippen LogP contribution in [0, 0.1) is 0 Å². The molecule has 2 aromatic rings. The van der Waals surface area contributed by atoms with Gasteiger partial charge in [0.15, 0.2) is 0 Å². The molecule has 110 valence electrons. The highest BCUT2D eigenvalue weighted by Crippen LogP contribution is 2.23. The van der Waals surface area contributed by atoms with E-state index in [1.54, 1.807) is 0 Å². The van der Waals surface area contributed by atoms with Crippen LogP contribution in [-0.4, -0.2) is 49.3 Å². The van der Waals surface area contributed by atoms with Gasteiger partial charge in [-0.2, -0.15) is 0 Å². The summed E-state index contributed by atoms with van der Waals surface area (Å²) in [6.45, 7) is 5.17. The first kappa shape index (κ1) is 14.1. The van der Waals surface area contributed by atoms with E-state index < -0.39 is 0 Å². The molecule has 0 amide bonds. The predicted molar refractivity (Wildman–Crippen MR) is 87.6 cm³/mol. The maximum Gasteiger partial charge on any atom is 0.0558 e. The maximum atomic E-state index is 8.98. The Bertz CT molecular complexity index is 545. The number of aliphatic hydroxyl groups excluding tert-OH is 1. The van der Waals surface area contributed by atoms with Gasteiger partial charge in [-0.25, -0.2) is 0 Å². The molecule has 0 unspecified atom stereocenters. The van der Waals surface area contributed by atoms with Crippen molar-refractivity contribution in [2.24, 2.45) is 0 Å². The van der Waals surface area contributed by atoms with Crippen molar-refractivity contribution < 1.29 is 5.11 Å². The van der Waals surface area contributed by atoms with Crippen LogP contribution < -0.4 is 4.90 Å². The first-order valence-corrected chi connectivity index (χ1v) is 7.60. The Kier molecular flexibility index (Phi) is 4.53. The Hall–Kier alpha value is -1.84. The first-order valence-electron chi connectivity index (χ1n) is 7.60. The number of aliphatic hydroxyl groups is 1. The molecule has 0 atom stereocenters. The molecule has 1 N–H and O–H groups in total. The van der Waals surface area contributed by atoms with Crippen molar-refractivity contribution in [3.8, 4) is 11.1 Å². The van der Waals surface area contributed by atoms with Gasteiger partial charge in [0.1, 0.15) is 0 Å². The SMILES string of the molecule is OCCN1CCN(c2ccc(-c3ccccc3)cc2)CC1. The molecule has 3 heteroatoms. The molecule has 1 heterocycles. The second kappa shape index (κ2) is 6.74. The quantitative estimate of drug-likeness (QED) is 0.933. The monoisotopic (exact) mass is 282 g/mol. The molecule has 3 rings (SSSR count). The largest absolute Gasteiger partial charge is 0.395 e. The highest BCUT2D eigenvalue weighted by Gasteiger charge is 2.16. The second-order valence-corrected chi connectivity index (χ2v) is 5.47. The van der Waals surface area contributed by atoms with Crippen LogP contribution >= 0.6 is 0 Å². The Morgan fingerprint density at radius 3 is 2.00 bits per heavy atom. The lowest BCUT2D eigenvalue weighted by Crippen LogP contribution is -2.47. The Labute approximate surface area is 126 Å². The lowest BCUT2D eigenvalue weighted by atomic mass is 10.1. The number of nitrogens with zero attached hydrogens (tertiary/aromatic N) is 2. The van der Waals surface area contributed by atoms with E-state index >= 15 is 0 Å². The normalized spacial score (nSPS) is 16.1. The van der Waals surface area contributed by atoms with Crippen molar-refractivity contribution in [1.82, 2.24) is 4.90 Å². The van der Waals surface area contributed by atoms with Gasteiger partial charge in [0.2, 0.25) is 0 Å². The molecule has 0 aliphatic carbocycles. The minimum Gasteiger partial charge on any atom is -0.395 e. The predicted octanol–water partition coefficient (Wildman–Crippen LogP) is 2.47. The van der Waals surface area contributed by atoms with Gasteiger partial charge in [-0.05, 0) is 23.3 Å². The van der Waals surface area contributed by atoms with Crippen LogP contribution in [-0.2, 0) is 0 Å². The zero-order valence-electron chi connectivity index (χ0n) is 12.3. The van der Waals surface area contributed by atoms with E-state index in [0.29, 0.717) is 0 Å². The van der Waals surface area contributed by atoms with Crippen LogP contribution in [0.3, 0.4) is 0 Å². The topological polar surface area (TPSA) is 26.7 Å². The summed E-state index contributed by atoms with van der Waals surface area (Å²) in [5.41, 5.74) is 3.81. The van der Waals surface area contributed by atoms with Crippen LogP contribution in [0.15, 0.2) is 54.6 Å². The van der Waals surface area contributed by atoms with Crippen molar-refractivity contribution in [2.45, 2.75) is 0 Å². The van der Waals surface area contributed by atoms with E-state index in [9.17, 15) is 0 Å². The summed E-state index contributed by atoms with van der Waals surface area (Å²) in [7, 11) is 0. The fraction of sp³-hybridized carbons (Fsp3) is 0.333. The zero-order valence-corrected chi connectivity index (χ0v) is 12.3. The summed E-state index contributed by atoms with van der Waals surface area (Å²) in [4.78, 5) is 4.73. The minimum absolute atomic E-state index is 0.256. The second-order valence-electron chi connectivity index (χ2n) is 5.47. The number of β-amino-alcohol motifs (C(OH)–C–C–N with tert-alkyl or cyclic N) is 1. The van der Waals surface area contributed by atoms with E-state index in [0.717, 1.165) is 32.7 Å². The van der Waals surface area contributed by atoms with Crippen LogP contribution in [0.25, 0.3) is 11.1 Å². The van der Waals surface area contributed by atoms with Gasteiger partial charge in [0.05, 0.1) is 6.61 Å². The first-order chi connectivity index (χ1) is 10.4. The number of benzene rings is 2. The van der Waals surface area contributed by atoms with E-state index in [2.05, 4.69) is 58.3 Å². The zero-order chi connectivity index (χ0) is 14.5.